The first-order valence-electron chi connectivity index (χ1n) is 10.5. The number of aliphatic hydroxyl groups excluding tert-OH is 1. The van der Waals surface area contributed by atoms with Gasteiger partial charge in [0.05, 0.1) is 43.6 Å². The zero-order valence-electron chi connectivity index (χ0n) is 18.1. The third-order valence-corrected chi connectivity index (χ3v) is 5.55. The lowest BCUT2D eigenvalue weighted by molar-refractivity contribution is 0.0946. The minimum absolute atomic E-state index is 0.150. The number of nitrogens with one attached hydrogen (secondary N) is 1. The maximum Gasteiger partial charge on any atom is 0.255 e. The van der Waals surface area contributed by atoms with Gasteiger partial charge < -0.3 is 24.5 Å². The van der Waals surface area contributed by atoms with E-state index in [-0.39, 0.29) is 24.8 Å². The molecule has 2 aromatic carbocycles. The molecular formula is C24H26FN3O4. The van der Waals surface area contributed by atoms with Crippen molar-refractivity contribution in [2.45, 2.75) is 26.0 Å². The van der Waals surface area contributed by atoms with E-state index in [9.17, 15) is 14.3 Å². The number of rotatable bonds is 9. The molecule has 1 aromatic heterocycles. The number of amides is 1. The highest BCUT2D eigenvalue weighted by molar-refractivity contribution is 5.98. The fraction of sp³-hybridized carbons (Fsp3) is 0.333. The quantitative estimate of drug-likeness (QED) is 0.534. The SMILES string of the molecule is COc1ccc(CNC(=O)c2cc(-c3ncn(C)c3CO)ccc2OCC2CC2)cc1F. The highest BCUT2D eigenvalue weighted by Crippen LogP contribution is 2.32. The Hall–Kier alpha value is -3.39. The smallest absolute Gasteiger partial charge is 0.255 e. The fourth-order valence-corrected chi connectivity index (χ4v) is 3.45. The van der Waals surface area contributed by atoms with Crippen molar-refractivity contribution in [1.82, 2.24) is 14.9 Å². The van der Waals surface area contributed by atoms with Crippen LogP contribution in [0.4, 0.5) is 4.39 Å². The summed E-state index contributed by atoms with van der Waals surface area (Å²) < 4.78 is 26.6. The predicted molar refractivity (Wildman–Crippen MR) is 117 cm³/mol. The molecule has 1 amide bonds. The summed E-state index contributed by atoms with van der Waals surface area (Å²) in [5.74, 6) is 0.348. The van der Waals surface area contributed by atoms with Gasteiger partial charge in [0.15, 0.2) is 11.6 Å². The summed E-state index contributed by atoms with van der Waals surface area (Å²) in [7, 11) is 3.20. The molecule has 0 atom stereocenters. The molecule has 3 aromatic rings. The van der Waals surface area contributed by atoms with E-state index in [2.05, 4.69) is 10.3 Å². The number of aromatic nitrogens is 2. The topological polar surface area (TPSA) is 85.6 Å². The molecule has 1 heterocycles. The van der Waals surface area contributed by atoms with E-state index < -0.39 is 5.82 Å². The molecule has 2 N–H and O–H groups in total. The van der Waals surface area contributed by atoms with Crippen LogP contribution in [0.25, 0.3) is 11.3 Å². The molecule has 32 heavy (non-hydrogen) atoms. The summed E-state index contributed by atoms with van der Waals surface area (Å²) in [6.45, 7) is 0.544. The summed E-state index contributed by atoms with van der Waals surface area (Å²) >= 11 is 0. The molecule has 0 saturated heterocycles. The van der Waals surface area contributed by atoms with Crippen molar-refractivity contribution in [3.8, 4) is 22.8 Å². The van der Waals surface area contributed by atoms with Crippen molar-refractivity contribution in [2.24, 2.45) is 13.0 Å². The third-order valence-electron chi connectivity index (χ3n) is 5.55. The molecule has 7 nitrogen and oxygen atoms in total. The van der Waals surface area contributed by atoms with E-state index in [1.807, 2.05) is 6.07 Å². The highest BCUT2D eigenvalue weighted by Gasteiger charge is 2.24. The van der Waals surface area contributed by atoms with Crippen LogP contribution in [-0.2, 0) is 20.2 Å². The van der Waals surface area contributed by atoms with Crippen LogP contribution in [0, 0.1) is 11.7 Å². The minimum Gasteiger partial charge on any atom is -0.494 e. The number of aryl methyl sites for hydroxylation is 1. The number of nitrogens with zero attached hydrogens (tertiary/aromatic N) is 2. The van der Waals surface area contributed by atoms with Crippen molar-refractivity contribution in [3.05, 3.63) is 65.4 Å². The lowest BCUT2D eigenvalue weighted by Gasteiger charge is -2.14. The summed E-state index contributed by atoms with van der Waals surface area (Å²) in [4.78, 5) is 17.4. The zero-order chi connectivity index (χ0) is 22.7. The van der Waals surface area contributed by atoms with E-state index in [1.54, 1.807) is 36.1 Å². The van der Waals surface area contributed by atoms with Crippen molar-refractivity contribution >= 4 is 5.91 Å². The molecule has 1 saturated carbocycles. The Bertz CT molecular complexity index is 1120. The number of halogens is 1. The number of benzene rings is 2. The van der Waals surface area contributed by atoms with Gasteiger partial charge in [-0.25, -0.2) is 9.37 Å². The van der Waals surface area contributed by atoms with Gasteiger partial charge in [0.25, 0.3) is 5.91 Å². The van der Waals surface area contributed by atoms with Gasteiger partial charge in [0, 0.05) is 19.2 Å². The minimum atomic E-state index is -0.485. The number of carbonyl (C=O) groups is 1. The Morgan fingerprint density at radius 3 is 2.72 bits per heavy atom. The average molecular weight is 439 g/mol. The van der Waals surface area contributed by atoms with Gasteiger partial charge in [0.2, 0.25) is 0 Å². The largest absolute Gasteiger partial charge is 0.494 e. The molecule has 1 aliphatic carbocycles. The molecule has 168 valence electrons. The summed E-state index contributed by atoms with van der Waals surface area (Å²) in [5, 5.41) is 12.5. The van der Waals surface area contributed by atoms with E-state index in [1.165, 1.54) is 19.2 Å². The summed E-state index contributed by atoms with van der Waals surface area (Å²) in [6, 6.07) is 9.87. The van der Waals surface area contributed by atoms with Gasteiger partial charge in [-0.15, -0.1) is 0 Å². The Labute approximate surface area is 185 Å². The summed E-state index contributed by atoms with van der Waals surface area (Å²) in [6.07, 6.45) is 3.89. The van der Waals surface area contributed by atoms with Gasteiger partial charge in [0.1, 0.15) is 5.75 Å². The third kappa shape index (κ3) is 4.75. The monoisotopic (exact) mass is 439 g/mol. The van der Waals surface area contributed by atoms with Crippen LogP contribution in [0.3, 0.4) is 0 Å². The molecular weight excluding hydrogens is 413 g/mol. The van der Waals surface area contributed by atoms with Crippen LogP contribution < -0.4 is 14.8 Å². The van der Waals surface area contributed by atoms with Crippen LogP contribution in [-0.4, -0.2) is 34.3 Å². The number of imidazole rings is 1. The number of carbonyl (C=O) groups excluding carboxylic acids is 1. The van der Waals surface area contributed by atoms with Crippen LogP contribution in [0.15, 0.2) is 42.7 Å². The molecule has 0 radical (unpaired) electrons. The molecule has 0 spiro atoms. The zero-order valence-corrected chi connectivity index (χ0v) is 18.1. The van der Waals surface area contributed by atoms with Gasteiger partial charge in [-0.05, 0) is 54.7 Å². The van der Waals surface area contributed by atoms with Gasteiger partial charge in [-0.2, -0.15) is 0 Å². The number of methoxy groups -OCH3 is 1. The lowest BCUT2D eigenvalue weighted by atomic mass is 10.0. The first-order chi connectivity index (χ1) is 15.5. The standard InChI is InChI=1S/C24H26FN3O4/c1-28-14-27-23(20(28)12-29)17-6-8-21(32-13-15-3-4-15)18(10-17)24(30)26-11-16-5-7-22(31-2)19(25)9-16/h5-10,14-15,29H,3-4,11-13H2,1-2H3,(H,26,30). The van der Waals surface area contributed by atoms with Crippen LogP contribution in [0.1, 0.15) is 34.5 Å². The molecule has 8 heteroatoms. The number of ether oxygens (including phenoxy) is 2. The Balaban J connectivity index is 1.58. The Morgan fingerprint density at radius 2 is 2.03 bits per heavy atom. The number of aliphatic hydroxyl groups is 1. The molecule has 0 unspecified atom stereocenters. The summed E-state index contributed by atoms with van der Waals surface area (Å²) in [5.41, 5.74) is 2.94. The van der Waals surface area contributed by atoms with Crippen molar-refractivity contribution < 1.29 is 23.8 Å². The van der Waals surface area contributed by atoms with Gasteiger partial charge in [-0.3, -0.25) is 4.79 Å². The van der Waals surface area contributed by atoms with Crippen LogP contribution >= 0.6 is 0 Å². The van der Waals surface area contributed by atoms with Gasteiger partial charge in [-0.1, -0.05) is 6.07 Å². The Kier molecular flexibility index (Phi) is 6.41. The highest BCUT2D eigenvalue weighted by atomic mass is 19.1. The second-order valence-electron chi connectivity index (χ2n) is 7.93. The van der Waals surface area contributed by atoms with Crippen LogP contribution in [0.5, 0.6) is 11.5 Å². The van der Waals surface area contributed by atoms with E-state index in [0.29, 0.717) is 46.4 Å². The molecule has 0 aliphatic heterocycles. The lowest BCUT2D eigenvalue weighted by Crippen LogP contribution is -2.24. The van der Waals surface area contributed by atoms with Crippen molar-refractivity contribution in [1.29, 1.82) is 0 Å². The predicted octanol–water partition coefficient (Wildman–Crippen LogP) is 3.45. The van der Waals surface area contributed by atoms with Gasteiger partial charge >= 0.3 is 0 Å². The maximum absolute atomic E-state index is 14.0. The molecule has 4 rings (SSSR count). The normalized spacial score (nSPS) is 13.1. The second-order valence-corrected chi connectivity index (χ2v) is 7.93. The number of hydrogen-bond donors (Lipinski definition) is 2. The molecule has 1 aliphatic rings. The van der Waals surface area contributed by atoms with Crippen molar-refractivity contribution in [3.63, 3.8) is 0 Å². The second kappa shape index (κ2) is 9.40. The van der Waals surface area contributed by atoms with E-state index in [0.717, 1.165) is 12.8 Å². The molecule has 1 fully saturated rings. The fourth-order valence-electron chi connectivity index (χ4n) is 3.45. The van der Waals surface area contributed by atoms with E-state index in [4.69, 9.17) is 9.47 Å². The maximum atomic E-state index is 14.0. The first kappa shape index (κ1) is 21.8. The van der Waals surface area contributed by atoms with Crippen LogP contribution in [0.2, 0.25) is 0 Å². The van der Waals surface area contributed by atoms with Crippen molar-refractivity contribution in [2.75, 3.05) is 13.7 Å². The van der Waals surface area contributed by atoms with E-state index >= 15 is 0 Å². The molecule has 0 bridgehead atoms. The Morgan fingerprint density at radius 1 is 1.25 bits per heavy atom. The first-order valence-corrected chi connectivity index (χ1v) is 10.5. The number of hydrogen-bond acceptors (Lipinski definition) is 5. The average Bonchev–Trinajstić information content (AvgIpc) is 3.56.